The van der Waals surface area contributed by atoms with Crippen molar-refractivity contribution in [3.8, 4) is 0 Å². The molecule has 6 heteroatoms. The predicted octanol–water partition coefficient (Wildman–Crippen LogP) is 1.74. The summed E-state index contributed by atoms with van der Waals surface area (Å²) in [6.07, 6.45) is 4.15. The Hall–Kier alpha value is -2.21. The van der Waals surface area contributed by atoms with E-state index in [0.29, 0.717) is 11.3 Å². The molecule has 0 saturated carbocycles. The number of amides is 1. The van der Waals surface area contributed by atoms with Gasteiger partial charge in [0.05, 0.1) is 4.90 Å². The summed E-state index contributed by atoms with van der Waals surface area (Å²) in [7, 11) is -3.29. The Morgan fingerprint density at radius 1 is 1.16 bits per heavy atom. The number of sulfone groups is 1. The first kappa shape index (κ1) is 13.2. The first-order valence-electron chi connectivity index (χ1n) is 5.48. The van der Waals surface area contributed by atoms with Crippen molar-refractivity contribution in [2.75, 3.05) is 11.6 Å². The van der Waals surface area contributed by atoms with E-state index in [-0.39, 0.29) is 10.8 Å². The van der Waals surface area contributed by atoms with Gasteiger partial charge in [0.25, 0.3) is 5.91 Å². The smallest absolute Gasteiger partial charge is 0.255 e. The van der Waals surface area contributed by atoms with Crippen LogP contribution in [0, 0.1) is 0 Å². The molecular weight excluding hydrogens is 264 g/mol. The normalized spacial score (nSPS) is 11.0. The first-order chi connectivity index (χ1) is 8.97. The second-order valence-electron chi connectivity index (χ2n) is 3.99. The Kier molecular flexibility index (Phi) is 3.62. The van der Waals surface area contributed by atoms with Crippen LogP contribution in [-0.4, -0.2) is 25.6 Å². The molecule has 0 aliphatic carbocycles. The highest BCUT2D eigenvalue weighted by Crippen LogP contribution is 2.16. The van der Waals surface area contributed by atoms with Crippen LogP contribution in [-0.2, 0) is 9.84 Å². The summed E-state index contributed by atoms with van der Waals surface area (Å²) >= 11 is 0. The highest BCUT2D eigenvalue weighted by molar-refractivity contribution is 7.90. The number of nitrogens with one attached hydrogen (secondary N) is 1. The Morgan fingerprint density at radius 3 is 2.47 bits per heavy atom. The van der Waals surface area contributed by atoms with Gasteiger partial charge in [0.15, 0.2) is 9.84 Å². The van der Waals surface area contributed by atoms with Gasteiger partial charge in [0.2, 0.25) is 0 Å². The lowest BCUT2D eigenvalue weighted by molar-refractivity contribution is 0.102. The minimum atomic E-state index is -3.29. The fraction of sp³-hybridized carbons (Fsp3) is 0.0769. The summed E-state index contributed by atoms with van der Waals surface area (Å²) in [6.45, 7) is 0. The minimum absolute atomic E-state index is 0.167. The van der Waals surface area contributed by atoms with Gasteiger partial charge < -0.3 is 5.32 Å². The van der Waals surface area contributed by atoms with Crippen molar-refractivity contribution in [3.63, 3.8) is 0 Å². The molecule has 0 spiro atoms. The second kappa shape index (κ2) is 5.19. The van der Waals surface area contributed by atoms with E-state index in [4.69, 9.17) is 0 Å². The van der Waals surface area contributed by atoms with Crippen LogP contribution in [0.3, 0.4) is 0 Å². The Balaban J connectivity index is 2.23. The molecule has 0 aliphatic rings. The number of rotatable bonds is 3. The average molecular weight is 276 g/mol. The van der Waals surface area contributed by atoms with Gasteiger partial charge in [-0.15, -0.1) is 0 Å². The standard InChI is InChI=1S/C13H12N2O3S/c1-19(17,18)12-4-2-3-11(9-12)15-13(16)10-5-7-14-8-6-10/h2-9H,1H3,(H,15,16). The van der Waals surface area contributed by atoms with E-state index >= 15 is 0 Å². The zero-order valence-electron chi connectivity index (χ0n) is 10.2. The van der Waals surface area contributed by atoms with Gasteiger partial charge in [-0.1, -0.05) is 6.07 Å². The fourth-order valence-corrected chi connectivity index (χ4v) is 2.18. The van der Waals surface area contributed by atoms with Crippen LogP contribution in [0.2, 0.25) is 0 Å². The molecule has 98 valence electrons. The molecule has 1 N–H and O–H groups in total. The first-order valence-corrected chi connectivity index (χ1v) is 7.37. The van der Waals surface area contributed by atoms with Crippen LogP contribution < -0.4 is 5.32 Å². The maximum absolute atomic E-state index is 11.9. The van der Waals surface area contributed by atoms with Crippen molar-refractivity contribution >= 4 is 21.4 Å². The summed E-state index contributed by atoms with van der Waals surface area (Å²) < 4.78 is 22.8. The summed E-state index contributed by atoms with van der Waals surface area (Å²) in [5, 5.41) is 2.64. The van der Waals surface area contributed by atoms with E-state index in [1.165, 1.54) is 24.5 Å². The molecule has 1 aromatic carbocycles. The SMILES string of the molecule is CS(=O)(=O)c1cccc(NC(=O)c2ccncc2)c1. The molecule has 0 aliphatic heterocycles. The lowest BCUT2D eigenvalue weighted by atomic mass is 10.2. The third-order valence-electron chi connectivity index (χ3n) is 2.46. The van der Waals surface area contributed by atoms with E-state index in [1.807, 2.05) is 0 Å². The summed E-state index contributed by atoms with van der Waals surface area (Å²) in [5.41, 5.74) is 0.893. The highest BCUT2D eigenvalue weighted by atomic mass is 32.2. The molecule has 0 radical (unpaired) electrons. The van der Waals surface area contributed by atoms with Crippen molar-refractivity contribution in [2.45, 2.75) is 4.90 Å². The van der Waals surface area contributed by atoms with Gasteiger partial charge >= 0.3 is 0 Å². The Bertz CT molecular complexity index is 697. The quantitative estimate of drug-likeness (QED) is 0.926. The van der Waals surface area contributed by atoms with Gasteiger partial charge in [-0.05, 0) is 30.3 Å². The molecular formula is C13H12N2O3S. The molecule has 1 aromatic heterocycles. The van der Waals surface area contributed by atoms with Gasteiger partial charge in [-0.2, -0.15) is 0 Å². The Labute approximate surface area is 111 Å². The van der Waals surface area contributed by atoms with Crippen molar-refractivity contribution in [2.24, 2.45) is 0 Å². The van der Waals surface area contributed by atoms with E-state index in [2.05, 4.69) is 10.3 Å². The number of carbonyl (C=O) groups is 1. The lowest BCUT2D eigenvalue weighted by Gasteiger charge is -2.06. The fourth-order valence-electron chi connectivity index (χ4n) is 1.51. The summed E-state index contributed by atoms with van der Waals surface area (Å²) in [4.78, 5) is 15.9. The average Bonchev–Trinajstić information content (AvgIpc) is 2.39. The number of carbonyl (C=O) groups excluding carboxylic acids is 1. The number of benzene rings is 1. The molecule has 0 unspecified atom stereocenters. The van der Waals surface area contributed by atoms with E-state index in [9.17, 15) is 13.2 Å². The number of hydrogen-bond acceptors (Lipinski definition) is 4. The molecule has 0 fully saturated rings. The zero-order valence-corrected chi connectivity index (χ0v) is 11.0. The minimum Gasteiger partial charge on any atom is -0.322 e. The van der Waals surface area contributed by atoms with Crippen LogP contribution in [0.5, 0.6) is 0 Å². The van der Waals surface area contributed by atoms with Crippen LogP contribution in [0.25, 0.3) is 0 Å². The van der Waals surface area contributed by atoms with Gasteiger partial charge in [0.1, 0.15) is 0 Å². The third kappa shape index (κ3) is 3.38. The number of hydrogen-bond donors (Lipinski definition) is 1. The number of aromatic nitrogens is 1. The van der Waals surface area contributed by atoms with Crippen molar-refractivity contribution < 1.29 is 13.2 Å². The number of anilines is 1. The van der Waals surface area contributed by atoms with Gasteiger partial charge in [0, 0.05) is 29.9 Å². The number of pyridine rings is 1. The third-order valence-corrected chi connectivity index (χ3v) is 3.57. The Morgan fingerprint density at radius 2 is 1.84 bits per heavy atom. The van der Waals surface area contributed by atoms with Crippen molar-refractivity contribution in [1.82, 2.24) is 4.98 Å². The van der Waals surface area contributed by atoms with Crippen molar-refractivity contribution in [3.05, 3.63) is 54.4 Å². The number of nitrogens with zero attached hydrogens (tertiary/aromatic N) is 1. The maximum Gasteiger partial charge on any atom is 0.255 e. The molecule has 0 saturated heterocycles. The molecule has 19 heavy (non-hydrogen) atoms. The van der Waals surface area contributed by atoms with E-state index in [1.54, 1.807) is 24.3 Å². The largest absolute Gasteiger partial charge is 0.322 e. The monoisotopic (exact) mass is 276 g/mol. The van der Waals surface area contributed by atoms with Crippen LogP contribution in [0.4, 0.5) is 5.69 Å². The van der Waals surface area contributed by atoms with Gasteiger partial charge in [-0.25, -0.2) is 8.42 Å². The predicted molar refractivity (Wildman–Crippen MR) is 71.7 cm³/mol. The highest BCUT2D eigenvalue weighted by Gasteiger charge is 2.09. The molecule has 2 rings (SSSR count). The second-order valence-corrected chi connectivity index (χ2v) is 6.01. The van der Waals surface area contributed by atoms with Crippen LogP contribution >= 0.6 is 0 Å². The maximum atomic E-state index is 11.9. The molecule has 1 amide bonds. The summed E-state index contributed by atoms with van der Waals surface area (Å²) in [6, 6.07) is 9.28. The molecule has 5 nitrogen and oxygen atoms in total. The summed E-state index contributed by atoms with van der Waals surface area (Å²) in [5.74, 6) is -0.312. The molecule has 0 atom stereocenters. The zero-order chi connectivity index (χ0) is 13.9. The van der Waals surface area contributed by atoms with E-state index < -0.39 is 9.84 Å². The lowest BCUT2D eigenvalue weighted by Crippen LogP contribution is -2.12. The topological polar surface area (TPSA) is 76.1 Å². The van der Waals surface area contributed by atoms with Crippen LogP contribution in [0.1, 0.15) is 10.4 Å². The molecule has 1 heterocycles. The van der Waals surface area contributed by atoms with Crippen LogP contribution in [0.15, 0.2) is 53.7 Å². The van der Waals surface area contributed by atoms with Gasteiger partial charge in [-0.3, -0.25) is 9.78 Å². The molecule has 2 aromatic rings. The van der Waals surface area contributed by atoms with E-state index in [0.717, 1.165) is 6.26 Å². The molecule has 0 bridgehead atoms. The van der Waals surface area contributed by atoms with Crippen molar-refractivity contribution in [1.29, 1.82) is 0 Å².